The highest BCUT2D eigenvalue weighted by molar-refractivity contribution is 7.99. The number of allylic oxidation sites excluding steroid dienone is 1. The number of anilines is 1. The lowest BCUT2D eigenvalue weighted by Crippen LogP contribution is -2.33. The van der Waals surface area contributed by atoms with Gasteiger partial charge < -0.3 is 15.2 Å². The summed E-state index contributed by atoms with van der Waals surface area (Å²) in [5.41, 5.74) is 1.12. The average molecular weight is 518 g/mol. The minimum Gasteiger partial charge on any atom is -0.342 e. The van der Waals surface area contributed by atoms with E-state index in [2.05, 4.69) is 27.4 Å². The van der Waals surface area contributed by atoms with E-state index >= 15 is 0 Å². The van der Waals surface area contributed by atoms with Crippen LogP contribution in [0.5, 0.6) is 0 Å². The van der Waals surface area contributed by atoms with Crippen molar-refractivity contribution in [1.29, 1.82) is 0 Å². The SMILES string of the molecule is C=CCn1c(SCC(=O)Nc2ccc(Cl)c(Cl)c2)nnc1[C@H](NC(=O)c1ccccc1)C(C)C. The van der Waals surface area contributed by atoms with Gasteiger partial charge in [0.25, 0.3) is 5.91 Å². The molecule has 3 rings (SSSR count). The molecule has 0 aliphatic carbocycles. The van der Waals surface area contributed by atoms with Crippen LogP contribution in [0, 0.1) is 5.92 Å². The Bertz CT molecular complexity index is 1170. The first-order valence-corrected chi connectivity index (χ1v) is 12.3. The molecule has 34 heavy (non-hydrogen) atoms. The van der Waals surface area contributed by atoms with Crippen LogP contribution in [0.2, 0.25) is 10.0 Å². The van der Waals surface area contributed by atoms with Crippen molar-refractivity contribution in [2.45, 2.75) is 31.6 Å². The number of thioether (sulfide) groups is 1. The third-order valence-electron chi connectivity index (χ3n) is 4.86. The quantitative estimate of drug-likeness (QED) is 0.268. The van der Waals surface area contributed by atoms with E-state index in [1.807, 2.05) is 36.6 Å². The van der Waals surface area contributed by atoms with E-state index in [4.69, 9.17) is 23.2 Å². The Kier molecular flexibility index (Phi) is 9.15. The first kappa shape index (κ1) is 25.8. The maximum Gasteiger partial charge on any atom is 0.251 e. The van der Waals surface area contributed by atoms with E-state index in [9.17, 15) is 9.59 Å². The van der Waals surface area contributed by atoms with Crippen molar-refractivity contribution in [3.05, 3.63) is 82.6 Å². The second kappa shape index (κ2) is 12.1. The zero-order chi connectivity index (χ0) is 24.7. The van der Waals surface area contributed by atoms with Crippen LogP contribution in [0.3, 0.4) is 0 Å². The molecule has 0 spiro atoms. The highest BCUT2D eigenvalue weighted by Gasteiger charge is 2.26. The van der Waals surface area contributed by atoms with E-state index in [0.29, 0.717) is 38.8 Å². The van der Waals surface area contributed by atoms with Gasteiger partial charge in [-0.05, 0) is 36.2 Å². The van der Waals surface area contributed by atoms with Gasteiger partial charge in [0.05, 0.1) is 21.8 Å². The summed E-state index contributed by atoms with van der Waals surface area (Å²) in [7, 11) is 0. The molecule has 0 saturated carbocycles. The summed E-state index contributed by atoms with van der Waals surface area (Å²) in [4.78, 5) is 25.2. The Balaban J connectivity index is 1.74. The van der Waals surface area contributed by atoms with Crippen molar-refractivity contribution in [3.8, 4) is 0 Å². The molecular formula is C24H25Cl2N5O2S. The number of rotatable bonds is 10. The summed E-state index contributed by atoms with van der Waals surface area (Å²) in [5.74, 6) is 0.347. The monoisotopic (exact) mass is 517 g/mol. The number of nitrogens with one attached hydrogen (secondary N) is 2. The summed E-state index contributed by atoms with van der Waals surface area (Å²) in [5, 5.41) is 15.8. The summed E-state index contributed by atoms with van der Waals surface area (Å²) in [6, 6.07) is 13.5. The molecule has 0 unspecified atom stereocenters. The molecule has 0 fully saturated rings. The Morgan fingerprint density at radius 2 is 1.85 bits per heavy atom. The molecule has 0 radical (unpaired) electrons. The number of hydrogen-bond donors (Lipinski definition) is 2. The van der Waals surface area contributed by atoms with Gasteiger partial charge in [0.1, 0.15) is 0 Å². The van der Waals surface area contributed by atoms with Crippen LogP contribution >= 0.6 is 35.0 Å². The summed E-state index contributed by atoms with van der Waals surface area (Å²) in [6.45, 7) is 8.26. The lowest BCUT2D eigenvalue weighted by atomic mass is 10.0. The minimum absolute atomic E-state index is 0.0521. The lowest BCUT2D eigenvalue weighted by molar-refractivity contribution is -0.113. The van der Waals surface area contributed by atoms with Crippen molar-refractivity contribution in [3.63, 3.8) is 0 Å². The third kappa shape index (κ3) is 6.62. The van der Waals surface area contributed by atoms with Gasteiger partial charge in [0.2, 0.25) is 5.91 Å². The summed E-state index contributed by atoms with van der Waals surface area (Å²) in [6.07, 6.45) is 1.73. The normalized spacial score (nSPS) is 11.8. The number of carbonyl (C=O) groups is 2. The highest BCUT2D eigenvalue weighted by atomic mass is 35.5. The molecule has 1 aromatic heterocycles. The van der Waals surface area contributed by atoms with Crippen LogP contribution in [0.1, 0.15) is 36.1 Å². The van der Waals surface area contributed by atoms with Gasteiger partial charge in [-0.25, -0.2) is 0 Å². The molecule has 0 saturated heterocycles. The first-order valence-electron chi connectivity index (χ1n) is 10.6. The molecule has 2 N–H and O–H groups in total. The van der Waals surface area contributed by atoms with E-state index in [1.165, 1.54) is 11.8 Å². The Morgan fingerprint density at radius 1 is 1.12 bits per heavy atom. The van der Waals surface area contributed by atoms with Crippen molar-refractivity contribution in [1.82, 2.24) is 20.1 Å². The van der Waals surface area contributed by atoms with E-state index in [1.54, 1.807) is 36.4 Å². The fourth-order valence-corrected chi connectivity index (χ4v) is 4.23. The van der Waals surface area contributed by atoms with Crippen molar-refractivity contribution < 1.29 is 9.59 Å². The van der Waals surface area contributed by atoms with E-state index in [-0.39, 0.29) is 29.5 Å². The Morgan fingerprint density at radius 3 is 2.50 bits per heavy atom. The molecular weight excluding hydrogens is 493 g/mol. The number of amides is 2. The van der Waals surface area contributed by atoms with Crippen LogP contribution in [0.25, 0.3) is 0 Å². The fraction of sp³-hybridized carbons (Fsp3) is 0.250. The van der Waals surface area contributed by atoms with Crippen LogP contribution < -0.4 is 10.6 Å². The van der Waals surface area contributed by atoms with E-state index < -0.39 is 0 Å². The molecule has 0 aliphatic rings. The summed E-state index contributed by atoms with van der Waals surface area (Å²) < 4.78 is 1.86. The number of hydrogen-bond acceptors (Lipinski definition) is 5. The minimum atomic E-state index is -0.375. The Labute approximate surface area is 212 Å². The number of carbonyl (C=O) groups excluding carboxylic acids is 2. The van der Waals surface area contributed by atoms with E-state index in [0.717, 1.165) is 0 Å². The van der Waals surface area contributed by atoms with Gasteiger partial charge in [0, 0.05) is 17.8 Å². The maximum atomic E-state index is 12.8. The average Bonchev–Trinajstić information content (AvgIpc) is 3.21. The van der Waals surface area contributed by atoms with Gasteiger partial charge in [-0.2, -0.15) is 0 Å². The predicted molar refractivity (Wildman–Crippen MR) is 138 cm³/mol. The molecule has 0 bridgehead atoms. The highest BCUT2D eigenvalue weighted by Crippen LogP contribution is 2.27. The second-order valence-electron chi connectivity index (χ2n) is 7.77. The van der Waals surface area contributed by atoms with Gasteiger partial charge in [0.15, 0.2) is 11.0 Å². The van der Waals surface area contributed by atoms with Gasteiger partial charge in [-0.1, -0.05) is 73.1 Å². The Hall–Kier alpha value is -2.81. The molecule has 3 aromatic rings. The molecule has 2 aromatic carbocycles. The first-order chi connectivity index (χ1) is 16.3. The number of halogens is 2. The van der Waals surface area contributed by atoms with Crippen molar-refractivity contribution in [2.75, 3.05) is 11.1 Å². The van der Waals surface area contributed by atoms with Crippen LogP contribution in [-0.2, 0) is 11.3 Å². The molecule has 1 atom stereocenters. The number of nitrogens with zero attached hydrogens (tertiary/aromatic N) is 3. The lowest BCUT2D eigenvalue weighted by Gasteiger charge is -2.22. The molecule has 0 aliphatic heterocycles. The van der Waals surface area contributed by atoms with Crippen LogP contribution in [-0.4, -0.2) is 32.3 Å². The van der Waals surface area contributed by atoms with Gasteiger partial charge in [-0.15, -0.1) is 16.8 Å². The zero-order valence-electron chi connectivity index (χ0n) is 18.8. The largest absolute Gasteiger partial charge is 0.342 e. The van der Waals surface area contributed by atoms with Crippen LogP contribution in [0.15, 0.2) is 66.3 Å². The molecule has 7 nitrogen and oxygen atoms in total. The van der Waals surface area contributed by atoms with Crippen molar-refractivity contribution >= 4 is 52.5 Å². The molecule has 178 valence electrons. The van der Waals surface area contributed by atoms with Crippen molar-refractivity contribution in [2.24, 2.45) is 5.92 Å². The fourth-order valence-electron chi connectivity index (χ4n) is 3.18. The predicted octanol–water partition coefficient (Wildman–Crippen LogP) is 5.63. The maximum absolute atomic E-state index is 12.8. The molecule has 10 heteroatoms. The van der Waals surface area contributed by atoms with Crippen LogP contribution in [0.4, 0.5) is 5.69 Å². The second-order valence-corrected chi connectivity index (χ2v) is 9.52. The molecule has 1 heterocycles. The number of aromatic nitrogens is 3. The van der Waals surface area contributed by atoms with Gasteiger partial charge >= 0.3 is 0 Å². The summed E-state index contributed by atoms with van der Waals surface area (Å²) >= 11 is 13.2. The smallest absolute Gasteiger partial charge is 0.251 e. The molecule has 2 amide bonds. The standard InChI is InChI=1S/C24H25Cl2N5O2S/c1-4-12-31-22(21(15(2)3)28-23(33)16-8-6-5-7-9-16)29-30-24(31)34-14-20(32)27-17-10-11-18(25)19(26)13-17/h4-11,13,15,21H,1,12,14H2,2-3H3,(H,27,32)(H,28,33)/t21-/m1/s1. The third-order valence-corrected chi connectivity index (χ3v) is 6.57. The number of benzene rings is 2. The van der Waals surface area contributed by atoms with Gasteiger partial charge in [-0.3, -0.25) is 9.59 Å². The topological polar surface area (TPSA) is 88.9 Å². The zero-order valence-corrected chi connectivity index (χ0v) is 21.1.